The molecule has 0 aliphatic heterocycles. The van der Waals surface area contributed by atoms with Gasteiger partial charge in [-0.2, -0.15) is 0 Å². The molecule has 0 aromatic heterocycles. The van der Waals surface area contributed by atoms with Crippen LogP contribution in [0.2, 0.25) is 0 Å². The van der Waals surface area contributed by atoms with Crippen molar-refractivity contribution in [3.8, 4) is 17.2 Å². The van der Waals surface area contributed by atoms with Gasteiger partial charge in [-0.1, -0.05) is 26.0 Å². The van der Waals surface area contributed by atoms with Crippen molar-refractivity contribution in [2.75, 3.05) is 27.4 Å². The fourth-order valence-corrected chi connectivity index (χ4v) is 2.66. The second-order valence-electron chi connectivity index (χ2n) is 6.64. The largest absolute Gasteiger partial charge is 0.493 e. The van der Waals surface area contributed by atoms with Gasteiger partial charge < -0.3 is 18.9 Å². The Morgan fingerprint density at radius 1 is 0.893 bits per heavy atom. The standard InChI is InChI=1S/C22H26O6/c1-14(2)17-8-6-15(3)10-20(17)27-13-22(24)28-12-18(23)16-7-9-19(25-4)21(11-16)26-5/h6-11,14H,12-13H2,1-5H3. The summed E-state index contributed by atoms with van der Waals surface area (Å²) in [5.74, 6) is 0.918. The first kappa shape index (κ1) is 21.3. The van der Waals surface area contributed by atoms with Crippen molar-refractivity contribution in [3.63, 3.8) is 0 Å². The highest BCUT2D eigenvalue weighted by atomic mass is 16.6. The van der Waals surface area contributed by atoms with Crippen LogP contribution >= 0.6 is 0 Å². The van der Waals surface area contributed by atoms with Crippen molar-refractivity contribution in [2.45, 2.75) is 26.7 Å². The zero-order valence-electron chi connectivity index (χ0n) is 16.9. The van der Waals surface area contributed by atoms with Crippen LogP contribution in [-0.4, -0.2) is 39.2 Å². The predicted octanol–water partition coefficient (Wildman–Crippen LogP) is 3.94. The lowest BCUT2D eigenvalue weighted by molar-refractivity contribution is -0.144. The molecule has 0 saturated carbocycles. The molecule has 0 saturated heterocycles. The van der Waals surface area contributed by atoms with Crippen LogP contribution in [0.1, 0.15) is 41.3 Å². The van der Waals surface area contributed by atoms with E-state index in [0.717, 1.165) is 11.1 Å². The first-order valence-corrected chi connectivity index (χ1v) is 9.00. The number of aryl methyl sites for hydroxylation is 1. The average Bonchev–Trinajstić information content (AvgIpc) is 2.69. The van der Waals surface area contributed by atoms with E-state index in [1.165, 1.54) is 14.2 Å². The third-order valence-electron chi connectivity index (χ3n) is 4.21. The molecule has 150 valence electrons. The Balaban J connectivity index is 1.93. The highest BCUT2D eigenvalue weighted by Gasteiger charge is 2.15. The third-order valence-corrected chi connectivity index (χ3v) is 4.21. The van der Waals surface area contributed by atoms with Crippen LogP contribution in [0, 0.1) is 6.92 Å². The summed E-state index contributed by atoms with van der Waals surface area (Å²) in [6.45, 7) is 5.43. The highest BCUT2D eigenvalue weighted by Crippen LogP contribution is 2.28. The lowest BCUT2D eigenvalue weighted by Gasteiger charge is -2.14. The van der Waals surface area contributed by atoms with Crippen LogP contribution in [0.4, 0.5) is 0 Å². The molecule has 28 heavy (non-hydrogen) atoms. The number of hydrogen-bond acceptors (Lipinski definition) is 6. The smallest absolute Gasteiger partial charge is 0.344 e. The highest BCUT2D eigenvalue weighted by molar-refractivity contribution is 5.98. The molecule has 0 fully saturated rings. The molecule has 0 aliphatic carbocycles. The molecule has 6 nitrogen and oxygen atoms in total. The number of rotatable bonds is 9. The minimum Gasteiger partial charge on any atom is -0.493 e. The number of hydrogen-bond donors (Lipinski definition) is 0. The average molecular weight is 386 g/mol. The zero-order valence-corrected chi connectivity index (χ0v) is 16.9. The van der Waals surface area contributed by atoms with E-state index in [2.05, 4.69) is 13.8 Å². The van der Waals surface area contributed by atoms with Crippen LogP contribution in [0.25, 0.3) is 0 Å². The molecule has 0 unspecified atom stereocenters. The van der Waals surface area contributed by atoms with Gasteiger partial charge in [0.05, 0.1) is 14.2 Å². The summed E-state index contributed by atoms with van der Waals surface area (Å²) in [5.41, 5.74) is 2.42. The van der Waals surface area contributed by atoms with Gasteiger partial charge in [0.15, 0.2) is 30.5 Å². The van der Waals surface area contributed by atoms with Crippen LogP contribution in [0.5, 0.6) is 17.2 Å². The first-order valence-electron chi connectivity index (χ1n) is 9.00. The van der Waals surface area contributed by atoms with Crippen molar-refractivity contribution in [1.29, 1.82) is 0 Å². The Bertz CT molecular complexity index is 841. The number of ether oxygens (including phenoxy) is 4. The second kappa shape index (κ2) is 9.78. The maximum absolute atomic E-state index is 12.3. The number of Topliss-reactive ketones (excluding diaryl/α,β-unsaturated/α-hetero) is 1. The van der Waals surface area contributed by atoms with Crippen molar-refractivity contribution in [3.05, 3.63) is 53.1 Å². The van der Waals surface area contributed by atoms with Crippen molar-refractivity contribution in [2.24, 2.45) is 0 Å². The molecule has 0 radical (unpaired) electrons. The molecule has 2 aromatic carbocycles. The summed E-state index contributed by atoms with van der Waals surface area (Å²) < 4.78 is 21.0. The normalized spacial score (nSPS) is 10.5. The van der Waals surface area contributed by atoms with Gasteiger partial charge in [0.2, 0.25) is 0 Å². The monoisotopic (exact) mass is 386 g/mol. The Labute approximate surface area is 165 Å². The number of carbonyl (C=O) groups is 2. The summed E-state index contributed by atoms with van der Waals surface area (Å²) in [5, 5.41) is 0. The van der Waals surface area contributed by atoms with Crippen molar-refractivity contribution >= 4 is 11.8 Å². The van der Waals surface area contributed by atoms with Crippen LogP contribution in [0.15, 0.2) is 36.4 Å². The van der Waals surface area contributed by atoms with E-state index >= 15 is 0 Å². The van der Waals surface area contributed by atoms with E-state index in [9.17, 15) is 9.59 Å². The fraction of sp³-hybridized carbons (Fsp3) is 0.364. The molecule has 0 atom stereocenters. The van der Waals surface area contributed by atoms with Gasteiger partial charge in [0, 0.05) is 5.56 Å². The summed E-state index contributed by atoms with van der Waals surface area (Å²) in [6.07, 6.45) is 0. The second-order valence-corrected chi connectivity index (χ2v) is 6.64. The van der Waals surface area contributed by atoms with Gasteiger partial charge in [0.1, 0.15) is 5.75 Å². The quantitative estimate of drug-likeness (QED) is 0.480. The van der Waals surface area contributed by atoms with Gasteiger partial charge in [-0.3, -0.25) is 4.79 Å². The van der Waals surface area contributed by atoms with Crippen LogP contribution in [-0.2, 0) is 9.53 Å². The number of esters is 1. The van der Waals surface area contributed by atoms with E-state index < -0.39 is 5.97 Å². The van der Waals surface area contributed by atoms with Gasteiger partial charge in [-0.05, 0) is 48.2 Å². The lowest BCUT2D eigenvalue weighted by Crippen LogP contribution is -2.20. The Kier molecular flexibility index (Phi) is 7.44. The van der Waals surface area contributed by atoms with Gasteiger partial charge >= 0.3 is 5.97 Å². The maximum Gasteiger partial charge on any atom is 0.344 e. The van der Waals surface area contributed by atoms with Gasteiger partial charge in [0.25, 0.3) is 0 Å². The lowest BCUT2D eigenvalue weighted by atomic mass is 10.0. The number of ketones is 1. The Morgan fingerprint density at radius 3 is 2.25 bits per heavy atom. The maximum atomic E-state index is 12.3. The third kappa shape index (κ3) is 5.49. The number of benzene rings is 2. The van der Waals surface area contributed by atoms with E-state index in [4.69, 9.17) is 18.9 Å². The predicted molar refractivity (Wildman–Crippen MR) is 106 cm³/mol. The fourth-order valence-electron chi connectivity index (χ4n) is 2.66. The topological polar surface area (TPSA) is 71.1 Å². The molecule has 0 N–H and O–H groups in total. The van der Waals surface area contributed by atoms with Gasteiger partial charge in [-0.25, -0.2) is 4.79 Å². The molecule has 0 bridgehead atoms. The van der Waals surface area contributed by atoms with E-state index in [1.807, 2.05) is 25.1 Å². The summed E-state index contributed by atoms with van der Waals surface area (Å²) in [4.78, 5) is 24.3. The van der Waals surface area contributed by atoms with Crippen molar-refractivity contribution < 1.29 is 28.5 Å². The molecule has 0 aliphatic rings. The van der Waals surface area contributed by atoms with E-state index in [0.29, 0.717) is 22.8 Å². The zero-order chi connectivity index (χ0) is 20.7. The molecule has 2 rings (SSSR count). The first-order chi connectivity index (χ1) is 13.3. The van der Waals surface area contributed by atoms with E-state index in [-0.39, 0.29) is 24.9 Å². The molecular weight excluding hydrogens is 360 g/mol. The molecule has 0 spiro atoms. The Hall–Kier alpha value is -3.02. The molecule has 6 heteroatoms. The van der Waals surface area contributed by atoms with Crippen LogP contribution in [0.3, 0.4) is 0 Å². The molecule has 0 heterocycles. The Morgan fingerprint density at radius 2 is 1.61 bits per heavy atom. The van der Waals surface area contributed by atoms with Crippen molar-refractivity contribution in [1.82, 2.24) is 0 Å². The molecule has 0 amide bonds. The SMILES string of the molecule is COc1ccc(C(=O)COC(=O)COc2cc(C)ccc2C(C)C)cc1OC. The summed E-state index contributed by atoms with van der Waals surface area (Å²) >= 11 is 0. The van der Waals surface area contributed by atoms with E-state index in [1.54, 1.807) is 18.2 Å². The minimum atomic E-state index is -0.606. The van der Waals surface area contributed by atoms with Gasteiger partial charge in [-0.15, -0.1) is 0 Å². The molecule has 2 aromatic rings. The minimum absolute atomic E-state index is 0.262. The molecular formula is C22H26O6. The number of methoxy groups -OCH3 is 2. The van der Waals surface area contributed by atoms with Crippen LogP contribution < -0.4 is 14.2 Å². The summed E-state index contributed by atoms with van der Waals surface area (Å²) in [6, 6.07) is 10.6. The number of carbonyl (C=O) groups excluding carboxylic acids is 2. The summed E-state index contributed by atoms with van der Waals surface area (Å²) in [7, 11) is 3.00.